The Bertz CT molecular complexity index is 362. The van der Waals surface area contributed by atoms with Crippen LogP contribution < -0.4 is 0 Å². The molecule has 0 aromatic carbocycles. The molecule has 1 rings (SSSR count). The molecule has 0 radical (unpaired) electrons. The molecular formula is C16H27N3. The fourth-order valence-electron chi connectivity index (χ4n) is 2.38. The summed E-state index contributed by atoms with van der Waals surface area (Å²) < 4.78 is 1.56. The van der Waals surface area contributed by atoms with E-state index in [1.165, 1.54) is 57.8 Å². The van der Waals surface area contributed by atoms with Gasteiger partial charge in [0.15, 0.2) is 6.19 Å². The molecule has 0 saturated carbocycles. The van der Waals surface area contributed by atoms with Crippen LogP contribution >= 0.6 is 0 Å². The van der Waals surface area contributed by atoms with Crippen LogP contribution in [-0.2, 0) is 6.42 Å². The lowest BCUT2D eigenvalue weighted by molar-refractivity contribution is 0.553. The predicted octanol–water partition coefficient (Wildman–Crippen LogP) is 4.68. The van der Waals surface area contributed by atoms with Gasteiger partial charge in [0.25, 0.3) is 0 Å². The van der Waals surface area contributed by atoms with Gasteiger partial charge in [0, 0.05) is 18.8 Å². The first kappa shape index (κ1) is 15.8. The Kier molecular flexibility index (Phi) is 8.80. The first-order chi connectivity index (χ1) is 9.38. The molecule has 0 fully saturated rings. The summed E-state index contributed by atoms with van der Waals surface area (Å²) in [6.07, 6.45) is 19.9. The van der Waals surface area contributed by atoms with Gasteiger partial charge in [-0.15, -0.1) is 0 Å². The highest BCUT2D eigenvalue weighted by atomic mass is 15.0. The molecule has 0 atom stereocenters. The van der Waals surface area contributed by atoms with E-state index in [9.17, 15) is 0 Å². The molecule has 19 heavy (non-hydrogen) atoms. The second kappa shape index (κ2) is 10.6. The highest BCUT2D eigenvalue weighted by molar-refractivity contribution is 5.00. The zero-order valence-electron chi connectivity index (χ0n) is 12.3. The number of hydrogen-bond acceptors (Lipinski definition) is 2. The molecule has 0 N–H and O–H groups in total. The van der Waals surface area contributed by atoms with Crippen LogP contribution in [0.15, 0.2) is 12.4 Å². The van der Waals surface area contributed by atoms with Crippen molar-refractivity contribution in [2.45, 2.75) is 77.6 Å². The van der Waals surface area contributed by atoms with Gasteiger partial charge in [-0.1, -0.05) is 64.7 Å². The number of unbranched alkanes of at least 4 members (excludes halogenated alkanes) is 9. The molecule has 0 saturated heterocycles. The van der Waals surface area contributed by atoms with Gasteiger partial charge in [0.2, 0.25) is 0 Å². The molecule has 1 heterocycles. The summed E-state index contributed by atoms with van der Waals surface area (Å²) >= 11 is 0. The average molecular weight is 261 g/mol. The molecule has 3 nitrogen and oxygen atoms in total. The molecule has 0 spiro atoms. The van der Waals surface area contributed by atoms with Crippen LogP contribution in [0.4, 0.5) is 0 Å². The first-order valence-corrected chi connectivity index (χ1v) is 7.80. The van der Waals surface area contributed by atoms with E-state index in [0.717, 1.165) is 18.7 Å². The van der Waals surface area contributed by atoms with Crippen molar-refractivity contribution in [2.24, 2.45) is 0 Å². The number of nitrogens with zero attached hydrogens (tertiary/aromatic N) is 3. The lowest BCUT2D eigenvalue weighted by atomic mass is 10.1. The zero-order valence-corrected chi connectivity index (χ0v) is 12.3. The molecule has 0 aliphatic carbocycles. The third-order valence-electron chi connectivity index (χ3n) is 3.58. The number of nitriles is 1. The number of aromatic nitrogens is 2. The third-order valence-corrected chi connectivity index (χ3v) is 3.58. The Labute approximate surface area is 117 Å². The van der Waals surface area contributed by atoms with Crippen molar-refractivity contribution >= 4 is 0 Å². The normalized spacial score (nSPS) is 10.5. The topological polar surface area (TPSA) is 41.6 Å². The lowest BCUT2D eigenvalue weighted by Gasteiger charge is -2.02. The highest BCUT2D eigenvalue weighted by Gasteiger charge is 2.01. The van der Waals surface area contributed by atoms with Crippen molar-refractivity contribution in [3.63, 3.8) is 0 Å². The van der Waals surface area contributed by atoms with E-state index in [0.29, 0.717) is 0 Å². The van der Waals surface area contributed by atoms with Crippen LogP contribution in [0.5, 0.6) is 0 Å². The first-order valence-electron chi connectivity index (χ1n) is 7.80. The van der Waals surface area contributed by atoms with E-state index in [1.54, 1.807) is 17.0 Å². The van der Waals surface area contributed by atoms with Crippen molar-refractivity contribution in [1.29, 1.82) is 5.26 Å². The van der Waals surface area contributed by atoms with E-state index in [2.05, 4.69) is 18.1 Å². The maximum atomic E-state index is 8.84. The molecule has 1 aromatic heterocycles. The fourth-order valence-corrected chi connectivity index (χ4v) is 2.38. The molecule has 0 unspecified atom stereocenters. The van der Waals surface area contributed by atoms with Crippen LogP contribution in [0.25, 0.3) is 0 Å². The monoisotopic (exact) mass is 261 g/mol. The van der Waals surface area contributed by atoms with Crippen molar-refractivity contribution in [2.75, 3.05) is 0 Å². The van der Waals surface area contributed by atoms with Crippen molar-refractivity contribution in [3.8, 4) is 6.19 Å². The largest absolute Gasteiger partial charge is 0.241 e. The molecule has 1 aromatic rings. The number of imidazole rings is 1. The Morgan fingerprint density at radius 3 is 2.16 bits per heavy atom. The Morgan fingerprint density at radius 2 is 1.58 bits per heavy atom. The van der Waals surface area contributed by atoms with E-state index >= 15 is 0 Å². The molecule has 0 bridgehead atoms. The van der Waals surface area contributed by atoms with E-state index < -0.39 is 0 Å². The summed E-state index contributed by atoms with van der Waals surface area (Å²) in [6.45, 7) is 2.26. The van der Waals surface area contributed by atoms with Crippen molar-refractivity contribution < 1.29 is 0 Å². The number of aryl methyl sites for hydroxylation is 1. The van der Waals surface area contributed by atoms with Gasteiger partial charge < -0.3 is 0 Å². The SMILES string of the molecule is CCCCCCCCCCCCc1nccn1C#N. The van der Waals surface area contributed by atoms with Crippen LogP contribution in [0.1, 0.15) is 77.0 Å². The summed E-state index contributed by atoms with van der Waals surface area (Å²) in [6, 6.07) is 0. The van der Waals surface area contributed by atoms with E-state index in [-0.39, 0.29) is 0 Å². The van der Waals surface area contributed by atoms with Crippen molar-refractivity contribution in [1.82, 2.24) is 9.55 Å². The quantitative estimate of drug-likeness (QED) is 0.543. The minimum atomic E-state index is 0.905. The van der Waals surface area contributed by atoms with E-state index in [4.69, 9.17) is 5.26 Å². The lowest BCUT2D eigenvalue weighted by Crippen LogP contribution is -1.97. The van der Waals surface area contributed by atoms with Gasteiger partial charge in [-0.05, 0) is 6.42 Å². The van der Waals surface area contributed by atoms with Gasteiger partial charge in [-0.2, -0.15) is 5.26 Å². The van der Waals surface area contributed by atoms with Crippen LogP contribution in [0.2, 0.25) is 0 Å². The number of rotatable bonds is 11. The predicted molar refractivity (Wildman–Crippen MR) is 78.8 cm³/mol. The van der Waals surface area contributed by atoms with Crippen LogP contribution in [0, 0.1) is 11.5 Å². The smallest absolute Gasteiger partial charge is 0.189 e. The van der Waals surface area contributed by atoms with Gasteiger partial charge in [0.05, 0.1) is 0 Å². The summed E-state index contributed by atoms with van der Waals surface area (Å²) in [7, 11) is 0. The minimum absolute atomic E-state index is 0.905. The average Bonchev–Trinajstić information content (AvgIpc) is 2.88. The van der Waals surface area contributed by atoms with E-state index in [1.807, 2.05) is 0 Å². The van der Waals surface area contributed by atoms with Gasteiger partial charge >= 0.3 is 0 Å². The molecule has 0 aliphatic heterocycles. The van der Waals surface area contributed by atoms with Gasteiger partial charge in [0.1, 0.15) is 5.82 Å². The van der Waals surface area contributed by atoms with Crippen molar-refractivity contribution in [3.05, 3.63) is 18.2 Å². The Morgan fingerprint density at radius 1 is 1.00 bits per heavy atom. The third kappa shape index (κ3) is 7.00. The molecule has 0 aliphatic rings. The maximum absolute atomic E-state index is 8.84. The summed E-state index contributed by atoms with van der Waals surface area (Å²) in [5.41, 5.74) is 0. The Hall–Kier alpha value is -1.30. The standard InChI is InChI=1S/C16H27N3/c1-2-3-4-5-6-7-8-9-10-11-12-16-18-13-14-19(16)15-17/h13-14H,2-12H2,1H3. The Balaban J connectivity index is 1.90. The summed E-state index contributed by atoms with van der Waals surface area (Å²) in [5.74, 6) is 0.905. The second-order valence-corrected chi connectivity index (χ2v) is 5.25. The number of hydrogen-bond donors (Lipinski definition) is 0. The highest BCUT2D eigenvalue weighted by Crippen LogP contribution is 2.11. The molecule has 106 valence electrons. The molecule has 0 amide bonds. The van der Waals surface area contributed by atoms with Gasteiger partial charge in [-0.3, -0.25) is 0 Å². The molecule has 3 heteroatoms. The van der Waals surface area contributed by atoms with Gasteiger partial charge in [-0.25, -0.2) is 9.55 Å². The fraction of sp³-hybridized carbons (Fsp3) is 0.750. The summed E-state index contributed by atoms with van der Waals surface area (Å²) in [4.78, 5) is 4.20. The second-order valence-electron chi connectivity index (χ2n) is 5.25. The van der Waals surface area contributed by atoms with Crippen LogP contribution in [0.3, 0.4) is 0 Å². The summed E-state index contributed by atoms with van der Waals surface area (Å²) in [5, 5.41) is 8.84. The molecular weight excluding hydrogens is 234 g/mol. The zero-order chi connectivity index (χ0) is 13.8. The van der Waals surface area contributed by atoms with Crippen LogP contribution in [-0.4, -0.2) is 9.55 Å². The minimum Gasteiger partial charge on any atom is -0.241 e. The maximum Gasteiger partial charge on any atom is 0.189 e.